The number of anilines is 1. The molecule has 9 heteroatoms. The van der Waals surface area contributed by atoms with Crippen LogP contribution in [0.4, 0.5) is 10.1 Å². The number of amides is 2. The molecule has 1 aliphatic rings. The van der Waals surface area contributed by atoms with E-state index in [9.17, 15) is 18.8 Å². The van der Waals surface area contributed by atoms with E-state index >= 15 is 0 Å². The Bertz CT molecular complexity index is 1030. The molecule has 0 radical (unpaired) electrons. The maximum absolute atomic E-state index is 13.9. The number of carbonyl (C=O) groups is 3. The van der Waals surface area contributed by atoms with Crippen LogP contribution in [0.5, 0.6) is 11.5 Å². The van der Waals surface area contributed by atoms with E-state index in [4.69, 9.17) is 21.1 Å². The molecule has 1 aliphatic heterocycles. The Labute approximate surface area is 196 Å². The van der Waals surface area contributed by atoms with Crippen molar-refractivity contribution in [2.45, 2.75) is 32.6 Å². The molecule has 1 N–H and O–H groups in total. The summed E-state index contributed by atoms with van der Waals surface area (Å²) in [6, 6.07) is 8.65. The van der Waals surface area contributed by atoms with Gasteiger partial charge < -0.3 is 19.7 Å². The van der Waals surface area contributed by atoms with Gasteiger partial charge in [0.05, 0.1) is 5.69 Å². The predicted octanol–water partition coefficient (Wildman–Crippen LogP) is 4.16. The Morgan fingerprint density at radius 1 is 1.21 bits per heavy atom. The molecule has 33 heavy (non-hydrogen) atoms. The second-order valence-corrected chi connectivity index (χ2v) is 8.05. The van der Waals surface area contributed by atoms with Crippen LogP contribution in [-0.2, 0) is 9.59 Å². The van der Waals surface area contributed by atoms with Crippen LogP contribution >= 0.6 is 11.6 Å². The third kappa shape index (κ3) is 6.68. The summed E-state index contributed by atoms with van der Waals surface area (Å²) in [4.78, 5) is 38.5. The largest absolute Gasteiger partial charge is 0.482 e. The van der Waals surface area contributed by atoms with Gasteiger partial charge in [0.15, 0.2) is 30.6 Å². The molecule has 0 aliphatic carbocycles. The molecular weight excluding hydrogens is 451 g/mol. The highest BCUT2D eigenvalue weighted by molar-refractivity contribution is 6.30. The van der Waals surface area contributed by atoms with Crippen LogP contribution in [0.25, 0.3) is 0 Å². The van der Waals surface area contributed by atoms with Crippen LogP contribution in [0, 0.1) is 5.82 Å². The van der Waals surface area contributed by atoms with Crippen molar-refractivity contribution in [1.82, 2.24) is 5.32 Å². The topological polar surface area (TPSA) is 84.9 Å². The summed E-state index contributed by atoms with van der Waals surface area (Å²) in [6.45, 7) is 2.52. The second-order valence-electron chi connectivity index (χ2n) is 7.61. The van der Waals surface area contributed by atoms with Gasteiger partial charge in [-0.2, -0.15) is 0 Å². The van der Waals surface area contributed by atoms with Gasteiger partial charge in [0, 0.05) is 30.1 Å². The van der Waals surface area contributed by atoms with E-state index in [-0.39, 0.29) is 41.6 Å². The minimum atomic E-state index is -0.662. The van der Waals surface area contributed by atoms with Gasteiger partial charge in [-0.3, -0.25) is 14.4 Å². The highest BCUT2D eigenvalue weighted by atomic mass is 35.5. The number of hydrogen-bond donors (Lipinski definition) is 1. The van der Waals surface area contributed by atoms with Gasteiger partial charge >= 0.3 is 0 Å². The summed E-state index contributed by atoms with van der Waals surface area (Å²) in [5.41, 5.74) is 0.755. The van der Waals surface area contributed by atoms with Crippen molar-refractivity contribution in [2.24, 2.45) is 0 Å². The van der Waals surface area contributed by atoms with E-state index in [0.717, 1.165) is 18.9 Å². The molecule has 1 heterocycles. The first-order valence-corrected chi connectivity index (χ1v) is 11.2. The number of ketones is 1. The smallest absolute Gasteiger partial charge is 0.265 e. The number of rotatable bonds is 11. The van der Waals surface area contributed by atoms with Crippen molar-refractivity contribution in [3.8, 4) is 11.5 Å². The highest BCUT2D eigenvalue weighted by Crippen LogP contribution is 2.33. The minimum Gasteiger partial charge on any atom is -0.482 e. The minimum absolute atomic E-state index is 0.0557. The number of nitrogens with one attached hydrogen (secondary N) is 1. The first kappa shape index (κ1) is 24.5. The molecular formula is C24H26ClFN2O5. The number of nitrogens with zero attached hydrogens (tertiary/aromatic N) is 1. The van der Waals surface area contributed by atoms with E-state index in [1.807, 2.05) is 0 Å². The molecule has 0 fully saturated rings. The van der Waals surface area contributed by atoms with Crippen molar-refractivity contribution >= 4 is 34.9 Å². The van der Waals surface area contributed by atoms with Gasteiger partial charge in [-0.25, -0.2) is 4.39 Å². The zero-order valence-corrected chi connectivity index (χ0v) is 19.1. The van der Waals surface area contributed by atoms with Crippen LogP contribution in [0.1, 0.15) is 43.0 Å². The predicted molar refractivity (Wildman–Crippen MR) is 123 cm³/mol. The number of Topliss-reactive ketones (excluding diaryl/α,β-unsaturated/α-hetero) is 1. The average molecular weight is 477 g/mol. The Balaban J connectivity index is 1.63. The molecule has 2 aromatic carbocycles. The lowest BCUT2D eigenvalue weighted by Gasteiger charge is -2.29. The van der Waals surface area contributed by atoms with Gasteiger partial charge in [0.25, 0.3) is 5.91 Å². The van der Waals surface area contributed by atoms with Gasteiger partial charge in [-0.1, -0.05) is 24.9 Å². The number of ether oxygens (including phenoxy) is 2. The number of unbranched alkanes of at least 4 members (excludes halogenated alkanes) is 1. The molecule has 3 rings (SSSR count). The maximum atomic E-state index is 13.9. The number of benzene rings is 2. The summed E-state index contributed by atoms with van der Waals surface area (Å²) >= 11 is 5.72. The zero-order chi connectivity index (χ0) is 23.8. The van der Waals surface area contributed by atoms with Crippen LogP contribution < -0.4 is 19.7 Å². The van der Waals surface area contributed by atoms with Crippen LogP contribution in [0.2, 0.25) is 5.02 Å². The average Bonchev–Trinajstić information content (AvgIpc) is 2.79. The monoisotopic (exact) mass is 476 g/mol. The van der Waals surface area contributed by atoms with Crippen molar-refractivity contribution in [1.29, 1.82) is 0 Å². The van der Waals surface area contributed by atoms with Crippen molar-refractivity contribution in [3.05, 3.63) is 52.8 Å². The van der Waals surface area contributed by atoms with E-state index in [2.05, 4.69) is 12.2 Å². The molecule has 7 nitrogen and oxygen atoms in total. The summed E-state index contributed by atoms with van der Waals surface area (Å²) in [5.74, 6) is -0.964. The van der Waals surface area contributed by atoms with Gasteiger partial charge in [-0.15, -0.1) is 0 Å². The van der Waals surface area contributed by atoms with Crippen molar-refractivity contribution in [3.63, 3.8) is 0 Å². The lowest BCUT2D eigenvalue weighted by atomic mass is 10.1. The van der Waals surface area contributed by atoms with Gasteiger partial charge in [-0.05, 0) is 49.2 Å². The van der Waals surface area contributed by atoms with E-state index in [1.54, 1.807) is 18.2 Å². The zero-order valence-electron chi connectivity index (χ0n) is 18.4. The number of carbonyl (C=O) groups excluding carboxylic acids is 3. The molecule has 0 bridgehead atoms. The Hall–Kier alpha value is -3.13. The number of hydrogen-bond acceptors (Lipinski definition) is 5. The SMILES string of the molecule is CCCCNC(=O)CCCN1C(=O)COc2ccc(C(=O)COc3ccc(Cl)cc3F)cc21. The maximum Gasteiger partial charge on any atom is 0.265 e. The second kappa shape index (κ2) is 11.7. The van der Waals surface area contributed by atoms with E-state index in [0.29, 0.717) is 42.9 Å². The lowest BCUT2D eigenvalue weighted by Crippen LogP contribution is -2.40. The first-order chi connectivity index (χ1) is 15.9. The molecule has 2 amide bonds. The fourth-order valence-corrected chi connectivity index (χ4v) is 3.49. The van der Waals surface area contributed by atoms with Gasteiger partial charge in [0.1, 0.15) is 5.75 Å². The van der Waals surface area contributed by atoms with Crippen LogP contribution in [-0.4, -0.2) is 43.9 Å². The fourth-order valence-electron chi connectivity index (χ4n) is 3.33. The third-order valence-corrected chi connectivity index (χ3v) is 5.35. The van der Waals surface area contributed by atoms with E-state index < -0.39 is 5.82 Å². The normalized spacial score (nSPS) is 12.7. The van der Waals surface area contributed by atoms with Crippen molar-refractivity contribution in [2.75, 3.05) is 31.2 Å². The number of fused-ring (bicyclic) bond motifs is 1. The number of halogens is 2. The molecule has 2 aromatic rings. The summed E-state index contributed by atoms with van der Waals surface area (Å²) in [6.07, 6.45) is 2.69. The molecule has 0 aromatic heterocycles. The van der Waals surface area contributed by atoms with Gasteiger partial charge in [0.2, 0.25) is 5.91 Å². The standard InChI is InChI=1S/C24H26ClFN2O5/c1-2-3-10-27-23(30)5-4-11-28-19-12-16(6-8-22(19)33-15-24(28)31)20(29)14-32-21-9-7-17(25)13-18(21)26/h6-9,12-13H,2-5,10-11,14-15H2,1H3,(H,27,30). The molecule has 0 atom stereocenters. The first-order valence-electron chi connectivity index (χ1n) is 10.8. The summed E-state index contributed by atoms with van der Waals surface area (Å²) < 4.78 is 24.6. The molecule has 0 saturated carbocycles. The molecule has 0 unspecified atom stereocenters. The quantitative estimate of drug-likeness (QED) is 0.389. The molecule has 0 spiro atoms. The summed E-state index contributed by atoms with van der Waals surface area (Å²) in [5, 5.41) is 3.08. The Morgan fingerprint density at radius 2 is 2.03 bits per heavy atom. The Morgan fingerprint density at radius 3 is 2.79 bits per heavy atom. The third-order valence-electron chi connectivity index (χ3n) is 5.11. The van der Waals surface area contributed by atoms with Crippen molar-refractivity contribution < 1.29 is 28.2 Å². The van der Waals surface area contributed by atoms with Crippen LogP contribution in [0.15, 0.2) is 36.4 Å². The fraction of sp³-hybridized carbons (Fsp3) is 0.375. The lowest BCUT2D eigenvalue weighted by molar-refractivity contribution is -0.122. The van der Waals surface area contributed by atoms with E-state index in [1.165, 1.54) is 17.0 Å². The summed E-state index contributed by atoms with van der Waals surface area (Å²) in [7, 11) is 0. The Kier molecular flexibility index (Phi) is 8.65. The highest BCUT2D eigenvalue weighted by Gasteiger charge is 2.26. The molecule has 176 valence electrons. The molecule has 0 saturated heterocycles. The van der Waals surface area contributed by atoms with Crippen LogP contribution in [0.3, 0.4) is 0 Å².